The molecule has 33 heavy (non-hydrogen) atoms. The zero-order chi connectivity index (χ0) is 24.0. The van der Waals surface area contributed by atoms with E-state index in [1.807, 2.05) is 0 Å². The van der Waals surface area contributed by atoms with Crippen LogP contribution in [-0.2, 0) is 23.4 Å². The van der Waals surface area contributed by atoms with Gasteiger partial charge in [-0.25, -0.2) is 9.36 Å². The fourth-order valence-corrected chi connectivity index (χ4v) is 4.38. The van der Waals surface area contributed by atoms with E-state index in [1.165, 1.54) is 23.8 Å². The molecule has 0 amide bonds. The molecular weight excluding hydrogens is 453 g/mol. The summed E-state index contributed by atoms with van der Waals surface area (Å²) in [7, 11) is -4.04. The predicted octanol–water partition coefficient (Wildman–Crippen LogP) is 2.12. The van der Waals surface area contributed by atoms with Crippen LogP contribution < -0.4 is 20.9 Å². The number of nitrogens with one attached hydrogen (secondary N) is 2. The van der Waals surface area contributed by atoms with Crippen LogP contribution in [0, 0.1) is 0 Å². The maximum absolute atomic E-state index is 13.4. The zero-order valence-corrected chi connectivity index (χ0v) is 19.3. The van der Waals surface area contributed by atoms with E-state index in [2.05, 4.69) is 10.1 Å². The fraction of sp³-hybridized carbons (Fsp3) is 0.381. The van der Waals surface area contributed by atoms with Gasteiger partial charge in [0.05, 0.1) is 12.7 Å². The highest BCUT2D eigenvalue weighted by atomic mass is 31.2. The maximum atomic E-state index is 13.4. The van der Waals surface area contributed by atoms with Crippen molar-refractivity contribution in [1.29, 1.82) is 0 Å². The van der Waals surface area contributed by atoms with Crippen molar-refractivity contribution >= 4 is 13.7 Å². The highest BCUT2D eigenvalue weighted by Gasteiger charge is 2.34. The Hall–Kier alpha value is -2.98. The number of H-pyrrole nitrogens is 1. The number of hydrogen-bond acceptors (Lipinski definition) is 8. The molecule has 1 aromatic carbocycles. The SMILES string of the molecule is CC(C)OC(=O)[C@H](C)NP(=O)(OC[C@@H]1C=C[C@H](n2ccc(=O)[nH]c2=O)O1)Oc1ccccc1. The summed E-state index contributed by atoms with van der Waals surface area (Å²) in [6.07, 6.45) is 2.76. The topological polar surface area (TPSA) is 138 Å². The summed E-state index contributed by atoms with van der Waals surface area (Å²) in [5.41, 5.74) is -1.15. The molecule has 2 N–H and O–H groups in total. The Morgan fingerprint density at radius 1 is 1.18 bits per heavy atom. The Labute approximate surface area is 189 Å². The third kappa shape index (κ3) is 7.00. The Morgan fingerprint density at radius 2 is 1.91 bits per heavy atom. The highest BCUT2D eigenvalue weighted by Crippen LogP contribution is 2.45. The van der Waals surface area contributed by atoms with Crippen molar-refractivity contribution in [3.05, 3.63) is 75.6 Å². The fourth-order valence-electron chi connectivity index (χ4n) is 2.88. The quantitative estimate of drug-likeness (QED) is 0.298. The molecule has 12 heteroatoms. The van der Waals surface area contributed by atoms with Gasteiger partial charge in [0.1, 0.15) is 17.9 Å². The molecule has 1 aromatic heterocycles. The lowest BCUT2D eigenvalue weighted by atomic mass is 10.3. The molecule has 2 heterocycles. The van der Waals surface area contributed by atoms with E-state index in [0.29, 0.717) is 0 Å². The Morgan fingerprint density at radius 3 is 2.58 bits per heavy atom. The van der Waals surface area contributed by atoms with E-state index in [1.54, 1.807) is 56.3 Å². The summed E-state index contributed by atoms with van der Waals surface area (Å²) in [5.74, 6) is -0.335. The summed E-state index contributed by atoms with van der Waals surface area (Å²) in [5, 5.41) is 2.59. The number of esters is 1. The number of carbonyl (C=O) groups excluding carboxylic acids is 1. The summed E-state index contributed by atoms with van der Waals surface area (Å²) in [4.78, 5) is 37.5. The monoisotopic (exact) mass is 479 g/mol. The number of benzene rings is 1. The van der Waals surface area contributed by atoms with Gasteiger partial charge in [-0.1, -0.05) is 24.3 Å². The molecule has 0 bridgehead atoms. The van der Waals surface area contributed by atoms with E-state index in [-0.39, 0.29) is 18.5 Å². The minimum atomic E-state index is -4.04. The number of para-hydroxylation sites is 1. The van der Waals surface area contributed by atoms with Crippen LogP contribution in [-0.4, -0.2) is 40.4 Å². The number of nitrogens with zero attached hydrogens (tertiary/aromatic N) is 1. The van der Waals surface area contributed by atoms with Gasteiger partial charge in [0, 0.05) is 12.3 Å². The van der Waals surface area contributed by atoms with Gasteiger partial charge in [0.25, 0.3) is 5.56 Å². The standard InChI is InChI=1S/C21H26N3O8P/c1-14(2)30-20(26)15(3)23-33(28,32-16-7-5-4-6-8-16)29-13-17-9-10-19(31-17)24-12-11-18(25)22-21(24)27/h4-12,14-15,17,19H,13H2,1-3H3,(H,23,28)(H,22,25,27)/t15-,17-,19+,33?/m0/s1. The van der Waals surface area contributed by atoms with Gasteiger partial charge in [-0.05, 0) is 39.0 Å². The van der Waals surface area contributed by atoms with Crippen molar-refractivity contribution in [1.82, 2.24) is 14.6 Å². The normalized spacial score (nSPS) is 20.4. The lowest BCUT2D eigenvalue weighted by Gasteiger charge is -2.24. The van der Waals surface area contributed by atoms with Crippen LogP contribution in [0.15, 0.2) is 64.3 Å². The van der Waals surface area contributed by atoms with Crippen LogP contribution in [0.2, 0.25) is 0 Å². The van der Waals surface area contributed by atoms with Crippen molar-refractivity contribution < 1.29 is 27.9 Å². The number of aromatic amines is 1. The number of ether oxygens (including phenoxy) is 2. The number of hydrogen-bond donors (Lipinski definition) is 2. The van der Waals surface area contributed by atoms with Crippen LogP contribution in [0.4, 0.5) is 0 Å². The van der Waals surface area contributed by atoms with Crippen molar-refractivity contribution in [2.75, 3.05) is 6.61 Å². The van der Waals surface area contributed by atoms with E-state index in [0.717, 1.165) is 0 Å². The first-order valence-corrected chi connectivity index (χ1v) is 11.8. The van der Waals surface area contributed by atoms with Crippen molar-refractivity contribution in [2.24, 2.45) is 0 Å². The lowest BCUT2D eigenvalue weighted by Crippen LogP contribution is -2.36. The average molecular weight is 479 g/mol. The molecule has 0 fully saturated rings. The van der Waals surface area contributed by atoms with Crippen molar-refractivity contribution in [3.63, 3.8) is 0 Å². The molecule has 2 aromatic rings. The van der Waals surface area contributed by atoms with E-state index in [4.69, 9.17) is 18.5 Å². The predicted molar refractivity (Wildman–Crippen MR) is 119 cm³/mol. The van der Waals surface area contributed by atoms with Gasteiger partial charge >= 0.3 is 19.4 Å². The van der Waals surface area contributed by atoms with Crippen LogP contribution in [0.3, 0.4) is 0 Å². The summed E-state index contributed by atoms with van der Waals surface area (Å²) < 4.78 is 36.7. The van der Waals surface area contributed by atoms with Crippen molar-refractivity contribution in [3.8, 4) is 5.75 Å². The van der Waals surface area contributed by atoms with Crippen LogP contribution in [0.5, 0.6) is 5.75 Å². The van der Waals surface area contributed by atoms with Crippen LogP contribution >= 0.6 is 7.75 Å². The molecule has 178 valence electrons. The number of rotatable bonds is 10. The molecule has 4 atom stereocenters. The van der Waals surface area contributed by atoms with Crippen molar-refractivity contribution in [2.45, 2.75) is 45.2 Å². The minimum absolute atomic E-state index is 0.200. The Bertz CT molecular complexity index is 1140. The number of carbonyl (C=O) groups is 1. The van der Waals surface area contributed by atoms with Crippen LogP contribution in [0.1, 0.15) is 27.0 Å². The molecular formula is C21H26N3O8P. The van der Waals surface area contributed by atoms with Gasteiger partial charge in [-0.2, -0.15) is 5.09 Å². The molecule has 3 rings (SSSR count). The van der Waals surface area contributed by atoms with E-state index >= 15 is 0 Å². The van der Waals surface area contributed by atoms with Gasteiger partial charge in [-0.15, -0.1) is 0 Å². The second kappa shape index (κ2) is 10.8. The molecule has 0 radical (unpaired) electrons. The summed E-state index contributed by atoms with van der Waals surface area (Å²) in [6.45, 7) is 4.69. The first kappa shape index (κ1) is 24.7. The van der Waals surface area contributed by atoms with Gasteiger partial charge < -0.3 is 14.0 Å². The van der Waals surface area contributed by atoms with Gasteiger partial charge in [0.2, 0.25) is 0 Å². The average Bonchev–Trinajstić information content (AvgIpc) is 3.21. The third-order valence-electron chi connectivity index (χ3n) is 4.36. The largest absolute Gasteiger partial charge is 0.462 e. The summed E-state index contributed by atoms with van der Waals surface area (Å²) in [6, 6.07) is 8.58. The first-order valence-electron chi connectivity index (χ1n) is 10.3. The van der Waals surface area contributed by atoms with Gasteiger partial charge in [0.15, 0.2) is 6.23 Å². The summed E-state index contributed by atoms with van der Waals surface area (Å²) >= 11 is 0. The zero-order valence-electron chi connectivity index (χ0n) is 18.4. The molecule has 11 nitrogen and oxygen atoms in total. The molecule has 1 unspecified atom stereocenters. The smallest absolute Gasteiger partial charge is 0.459 e. The second-order valence-corrected chi connectivity index (χ2v) is 9.20. The highest BCUT2D eigenvalue weighted by molar-refractivity contribution is 7.52. The molecule has 0 saturated carbocycles. The van der Waals surface area contributed by atoms with Crippen LogP contribution in [0.25, 0.3) is 0 Å². The minimum Gasteiger partial charge on any atom is -0.462 e. The third-order valence-corrected chi connectivity index (χ3v) is 6.01. The molecule has 0 saturated heterocycles. The lowest BCUT2D eigenvalue weighted by molar-refractivity contribution is -0.149. The molecule has 1 aliphatic heterocycles. The molecule has 0 aliphatic carbocycles. The van der Waals surface area contributed by atoms with E-state index in [9.17, 15) is 18.9 Å². The molecule has 0 spiro atoms. The Balaban J connectivity index is 1.68. The Kier molecular flexibility index (Phi) is 8.04. The van der Waals surface area contributed by atoms with E-state index < -0.39 is 43.3 Å². The van der Waals surface area contributed by atoms with Gasteiger partial charge in [-0.3, -0.25) is 23.7 Å². The maximum Gasteiger partial charge on any atom is 0.459 e. The second-order valence-electron chi connectivity index (χ2n) is 7.50. The number of aromatic nitrogens is 2. The first-order chi connectivity index (χ1) is 15.6. The molecule has 1 aliphatic rings.